The van der Waals surface area contributed by atoms with Crippen LogP contribution in [-0.2, 0) is 4.79 Å². The van der Waals surface area contributed by atoms with Crippen LogP contribution >= 0.6 is 12.2 Å². The number of thiocarbonyl (C=S) groups is 1. The molecule has 2 N–H and O–H groups in total. The van der Waals surface area contributed by atoms with E-state index in [0.717, 1.165) is 12.0 Å². The summed E-state index contributed by atoms with van der Waals surface area (Å²) in [4.78, 5) is 11.9. The summed E-state index contributed by atoms with van der Waals surface area (Å²) in [7, 11) is 3.14. The summed E-state index contributed by atoms with van der Waals surface area (Å²) in [6, 6.07) is 5.41. The van der Waals surface area contributed by atoms with Gasteiger partial charge in [-0.2, -0.15) is 0 Å². The molecule has 0 spiro atoms. The number of rotatable bonds is 6. The molecule has 0 aliphatic heterocycles. The molecular formula is C17H24N2O3S. The quantitative estimate of drug-likeness (QED) is 0.618. The van der Waals surface area contributed by atoms with E-state index in [2.05, 4.69) is 17.6 Å². The molecular weight excluding hydrogens is 312 g/mol. The number of nitrogens with one attached hydrogen (secondary N) is 2. The van der Waals surface area contributed by atoms with Crippen LogP contribution < -0.4 is 20.1 Å². The van der Waals surface area contributed by atoms with E-state index >= 15 is 0 Å². The Kier molecular flexibility index (Phi) is 7.03. The molecule has 0 aromatic heterocycles. The van der Waals surface area contributed by atoms with Gasteiger partial charge in [-0.3, -0.25) is 10.1 Å². The van der Waals surface area contributed by atoms with Gasteiger partial charge in [-0.15, -0.1) is 0 Å². The van der Waals surface area contributed by atoms with Crippen LogP contribution in [0.3, 0.4) is 0 Å². The summed E-state index contributed by atoms with van der Waals surface area (Å²) in [6.45, 7) is 6.09. The Bertz CT molecular complexity index is 598. The average Bonchev–Trinajstić information content (AvgIpc) is 2.51. The van der Waals surface area contributed by atoms with Gasteiger partial charge in [0.25, 0.3) is 0 Å². The Morgan fingerprint density at radius 2 is 1.91 bits per heavy atom. The van der Waals surface area contributed by atoms with Gasteiger partial charge in [-0.25, -0.2) is 0 Å². The second-order valence-corrected chi connectivity index (χ2v) is 6.04. The Hall–Kier alpha value is -2.08. The molecule has 0 fully saturated rings. The van der Waals surface area contributed by atoms with Crippen molar-refractivity contribution in [3.05, 3.63) is 29.8 Å². The van der Waals surface area contributed by atoms with E-state index in [0.29, 0.717) is 16.6 Å². The Morgan fingerprint density at radius 1 is 1.26 bits per heavy atom. The normalized spacial score (nSPS) is 11.2. The van der Waals surface area contributed by atoms with Gasteiger partial charge >= 0.3 is 0 Å². The topological polar surface area (TPSA) is 59.6 Å². The van der Waals surface area contributed by atoms with Crippen LogP contribution in [0.15, 0.2) is 24.3 Å². The number of carbonyl (C=O) groups excluding carboxylic acids is 1. The van der Waals surface area contributed by atoms with Crippen LogP contribution in [0.25, 0.3) is 6.08 Å². The third-order valence-electron chi connectivity index (χ3n) is 3.41. The second kappa shape index (κ2) is 8.53. The van der Waals surface area contributed by atoms with Crippen LogP contribution in [0.1, 0.15) is 32.8 Å². The lowest BCUT2D eigenvalue weighted by atomic mass is 10.0. The summed E-state index contributed by atoms with van der Waals surface area (Å²) >= 11 is 5.13. The molecule has 0 aliphatic carbocycles. The lowest BCUT2D eigenvalue weighted by molar-refractivity contribution is -0.115. The molecule has 0 saturated carbocycles. The summed E-state index contributed by atoms with van der Waals surface area (Å²) in [5.74, 6) is 0.961. The zero-order chi connectivity index (χ0) is 17.5. The fourth-order valence-corrected chi connectivity index (χ4v) is 2.09. The highest BCUT2D eigenvalue weighted by molar-refractivity contribution is 7.80. The van der Waals surface area contributed by atoms with Gasteiger partial charge in [0.15, 0.2) is 16.6 Å². The minimum atomic E-state index is -0.288. The number of benzene rings is 1. The minimum absolute atomic E-state index is 0.155. The van der Waals surface area contributed by atoms with E-state index in [-0.39, 0.29) is 11.4 Å². The fraction of sp³-hybridized carbons (Fsp3) is 0.412. The zero-order valence-electron chi connectivity index (χ0n) is 14.2. The van der Waals surface area contributed by atoms with Gasteiger partial charge < -0.3 is 14.8 Å². The van der Waals surface area contributed by atoms with E-state index in [4.69, 9.17) is 21.7 Å². The van der Waals surface area contributed by atoms with Gasteiger partial charge in [-0.1, -0.05) is 13.0 Å². The van der Waals surface area contributed by atoms with Gasteiger partial charge in [0.1, 0.15) is 0 Å². The summed E-state index contributed by atoms with van der Waals surface area (Å²) in [5, 5.41) is 6.05. The van der Waals surface area contributed by atoms with Gasteiger partial charge in [-0.05, 0) is 56.3 Å². The van der Waals surface area contributed by atoms with Crippen molar-refractivity contribution in [3.63, 3.8) is 0 Å². The van der Waals surface area contributed by atoms with Crippen molar-refractivity contribution in [1.29, 1.82) is 0 Å². The molecule has 0 bridgehead atoms. The molecule has 0 heterocycles. The molecule has 126 valence electrons. The minimum Gasteiger partial charge on any atom is -0.493 e. The van der Waals surface area contributed by atoms with Crippen molar-refractivity contribution in [2.75, 3.05) is 14.2 Å². The SMILES string of the molecule is CCC(C)(C)NC(=S)NC(=O)/C=C/c1ccc(OC)c(OC)c1. The number of methoxy groups -OCH3 is 2. The maximum Gasteiger partial charge on any atom is 0.250 e. The number of ether oxygens (including phenoxy) is 2. The molecule has 0 saturated heterocycles. The maximum absolute atomic E-state index is 11.9. The van der Waals surface area contributed by atoms with Crippen LogP contribution in [0.5, 0.6) is 11.5 Å². The Morgan fingerprint density at radius 3 is 2.48 bits per heavy atom. The maximum atomic E-state index is 11.9. The third kappa shape index (κ3) is 6.28. The monoisotopic (exact) mass is 336 g/mol. The summed E-state index contributed by atoms with van der Waals surface area (Å²) in [5.41, 5.74) is 0.669. The molecule has 1 aromatic carbocycles. The molecule has 0 unspecified atom stereocenters. The molecule has 0 aliphatic rings. The standard InChI is InChI=1S/C17H24N2O3S/c1-6-17(2,3)19-16(23)18-15(20)10-8-12-7-9-13(21-4)14(11-12)22-5/h7-11H,6H2,1-5H3,(H2,18,19,20,23)/b10-8+. The highest BCUT2D eigenvalue weighted by Gasteiger charge is 2.16. The molecule has 0 atom stereocenters. The molecule has 0 radical (unpaired) electrons. The first-order chi connectivity index (χ1) is 10.8. The van der Waals surface area contributed by atoms with E-state index in [9.17, 15) is 4.79 Å². The number of hydrogen-bond donors (Lipinski definition) is 2. The van der Waals surface area contributed by atoms with E-state index in [1.807, 2.05) is 19.9 Å². The van der Waals surface area contributed by atoms with Crippen LogP contribution in [0.2, 0.25) is 0 Å². The predicted molar refractivity (Wildman–Crippen MR) is 96.8 cm³/mol. The van der Waals surface area contributed by atoms with Crippen LogP contribution in [0, 0.1) is 0 Å². The van der Waals surface area contributed by atoms with Gasteiger partial charge in [0.05, 0.1) is 14.2 Å². The van der Waals surface area contributed by atoms with Gasteiger partial charge in [0, 0.05) is 11.6 Å². The summed E-state index contributed by atoms with van der Waals surface area (Å²) in [6.07, 6.45) is 4.00. The molecule has 1 rings (SSSR count). The highest BCUT2D eigenvalue weighted by Crippen LogP contribution is 2.27. The smallest absolute Gasteiger partial charge is 0.250 e. The van der Waals surface area contributed by atoms with Crippen LogP contribution in [-0.4, -0.2) is 30.8 Å². The van der Waals surface area contributed by atoms with E-state index < -0.39 is 0 Å². The second-order valence-electron chi connectivity index (χ2n) is 5.63. The number of amides is 1. The van der Waals surface area contributed by atoms with E-state index in [1.165, 1.54) is 6.08 Å². The fourth-order valence-electron chi connectivity index (χ4n) is 1.71. The van der Waals surface area contributed by atoms with Crippen molar-refractivity contribution < 1.29 is 14.3 Å². The van der Waals surface area contributed by atoms with Crippen molar-refractivity contribution in [1.82, 2.24) is 10.6 Å². The third-order valence-corrected chi connectivity index (χ3v) is 3.61. The van der Waals surface area contributed by atoms with Crippen LogP contribution in [0.4, 0.5) is 0 Å². The first kappa shape index (κ1) is 19.0. The van der Waals surface area contributed by atoms with Crippen molar-refractivity contribution >= 4 is 29.3 Å². The molecule has 5 nitrogen and oxygen atoms in total. The largest absolute Gasteiger partial charge is 0.493 e. The highest BCUT2D eigenvalue weighted by atomic mass is 32.1. The van der Waals surface area contributed by atoms with Crippen molar-refractivity contribution in [2.24, 2.45) is 0 Å². The Labute approximate surface area is 143 Å². The molecule has 23 heavy (non-hydrogen) atoms. The summed E-state index contributed by atoms with van der Waals surface area (Å²) < 4.78 is 10.4. The number of hydrogen-bond acceptors (Lipinski definition) is 4. The Balaban J connectivity index is 2.67. The lowest BCUT2D eigenvalue weighted by Crippen LogP contribution is -2.49. The first-order valence-electron chi connectivity index (χ1n) is 7.34. The molecule has 1 amide bonds. The van der Waals surface area contributed by atoms with Crippen molar-refractivity contribution in [3.8, 4) is 11.5 Å². The zero-order valence-corrected chi connectivity index (χ0v) is 15.0. The van der Waals surface area contributed by atoms with E-state index in [1.54, 1.807) is 32.4 Å². The predicted octanol–water partition coefficient (Wildman–Crippen LogP) is 2.90. The first-order valence-corrected chi connectivity index (χ1v) is 7.75. The molecule has 6 heteroatoms. The number of carbonyl (C=O) groups is 1. The molecule has 1 aromatic rings. The lowest BCUT2D eigenvalue weighted by Gasteiger charge is -2.25. The average molecular weight is 336 g/mol. The van der Waals surface area contributed by atoms with Crippen molar-refractivity contribution in [2.45, 2.75) is 32.7 Å². The van der Waals surface area contributed by atoms with Gasteiger partial charge in [0.2, 0.25) is 5.91 Å².